The Bertz CT molecular complexity index is 946. The molecule has 0 saturated carbocycles. The van der Waals surface area contributed by atoms with E-state index in [2.05, 4.69) is 15.0 Å². The van der Waals surface area contributed by atoms with Gasteiger partial charge in [-0.2, -0.15) is 4.52 Å². The summed E-state index contributed by atoms with van der Waals surface area (Å²) in [4.78, 5) is 8.08. The molecule has 3 unspecified atom stereocenters. The summed E-state index contributed by atoms with van der Waals surface area (Å²) in [6.07, 6.45) is 0.816. The summed E-state index contributed by atoms with van der Waals surface area (Å²) in [5, 5.41) is 15.2. The van der Waals surface area contributed by atoms with Crippen LogP contribution in [0.2, 0.25) is 0 Å². The van der Waals surface area contributed by atoms with Crippen LogP contribution in [0.3, 0.4) is 0 Å². The Kier molecular flexibility index (Phi) is 4.88. The van der Waals surface area contributed by atoms with Gasteiger partial charge >= 0.3 is 0 Å². The molecular formula is C19H23FN4O2S. The predicted octanol–water partition coefficient (Wildman–Crippen LogP) is 3.40. The van der Waals surface area contributed by atoms with Crippen LogP contribution >= 0.6 is 11.3 Å². The molecule has 8 heteroatoms. The van der Waals surface area contributed by atoms with E-state index in [-0.39, 0.29) is 29.9 Å². The van der Waals surface area contributed by atoms with Crippen LogP contribution in [0, 0.1) is 5.82 Å². The quantitative estimate of drug-likeness (QED) is 0.740. The summed E-state index contributed by atoms with van der Waals surface area (Å²) < 4.78 is 21.3. The second kappa shape index (κ2) is 7.18. The minimum Gasteiger partial charge on any atom is -0.492 e. The third-order valence-corrected chi connectivity index (χ3v) is 5.86. The van der Waals surface area contributed by atoms with E-state index in [1.165, 1.54) is 28.0 Å². The molecule has 1 N–H and O–H groups in total. The van der Waals surface area contributed by atoms with Crippen LogP contribution in [0.4, 0.5) is 4.39 Å². The van der Waals surface area contributed by atoms with Crippen LogP contribution in [0.1, 0.15) is 43.1 Å². The molecule has 6 nitrogen and oxygen atoms in total. The van der Waals surface area contributed by atoms with Gasteiger partial charge in [0.1, 0.15) is 5.82 Å². The molecule has 3 aromatic rings. The first-order valence-corrected chi connectivity index (χ1v) is 10.00. The molecule has 144 valence electrons. The Balaban J connectivity index is 1.82. The highest BCUT2D eigenvalue weighted by Gasteiger charge is 2.34. The molecule has 0 amide bonds. The molecule has 3 atom stereocenters. The Hall–Kier alpha value is -2.03. The van der Waals surface area contributed by atoms with Gasteiger partial charge in [0.05, 0.1) is 23.1 Å². The van der Waals surface area contributed by atoms with E-state index in [1.54, 1.807) is 6.07 Å². The fourth-order valence-corrected chi connectivity index (χ4v) is 4.89. The van der Waals surface area contributed by atoms with E-state index < -0.39 is 0 Å². The molecule has 4 rings (SSSR count). The molecule has 0 spiro atoms. The maximum Gasteiger partial charge on any atom is 0.230 e. The Morgan fingerprint density at radius 2 is 2.07 bits per heavy atom. The van der Waals surface area contributed by atoms with Crippen molar-refractivity contribution in [3.05, 3.63) is 46.3 Å². The van der Waals surface area contributed by atoms with Crippen molar-refractivity contribution in [2.75, 3.05) is 13.1 Å². The first-order chi connectivity index (χ1) is 13.0. The third kappa shape index (κ3) is 3.44. The minimum atomic E-state index is -0.293. The number of rotatable bonds is 4. The minimum absolute atomic E-state index is 0.0563. The van der Waals surface area contributed by atoms with Gasteiger partial charge in [-0.25, -0.2) is 9.37 Å². The van der Waals surface area contributed by atoms with Gasteiger partial charge < -0.3 is 9.84 Å². The van der Waals surface area contributed by atoms with Gasteiger partial charge in [-0.1, -0.05) is 30.4 Å². The van der Waals surface area contributed by atoms with Crippen LogP contribution in [-0.2, 0) is 11.2 Å². The summed E-state index contributed by atoms with van der Waals surface area (Å²) in [5.41, 5.74) is 0.798. The summed E-state index contributed by atoms with van der Waals surface area (Å²) in [6, 6.07) is 6.27. The van der Waals surface area contributed by atoms with E-state index in [0.717, 1.165) is 10.4 Å². The maximum absolute atomic E-state index is 14.0. The molecule has 27 heavy (non-hydrogen) atoms. The molecule has 1 saturated heterocycles. The average molecular weight is 390 g/mol. The molecule has 1 fully saturated rings. The standard InChI is InChI=1S/C19H23FN4O2S/c1-4-15-21-19-24(22-15)18(25)17(27-19)16(13-6-5-7-14(20)8-13)23-9-11(2)26-12(3)10-23/h5-8,11-12,16,25H,4,9-10H2,1-3H3. The highest BCUT2D eigenvalue weighted by Crippen LogP contribution is 2.41. The van der Waals surface area contributed by atoms with E-state index in [1.807, 2.05) is 26.8 Å². The summed E-state index contributed by atoms with van der Waals surface area (Å²) in [7, 11) is 0. The fourth-order valence-electron chi connectivity index (χ4n) is 3.75. The zero-order valence-electron chi connectivity index (χ0n) is 15.6. The molecule has 0 aliphatic carbocycles. The third-order valence-electron chi connectivity index (χ3n) is 4.79. The molecule has 0 radical (unpaired) electrons. The molecule has 1 aliphatic rings. The van der Waals surface area contributed by atoms with Gasteiger partial charge in [-0.3, -0.25) is 4.90 Å². The van der Waals surface area contributed by atoms with Crippen molar-refractivity contribution < 1.29 is 14.2 Å². The number of halogens is 1. The summed E-state index contributed by atoms with van der Waals surface area (Å²) >= 11 is 1.40. The number of morpholine rings is 1. The molecule has 0 bridgehead atoms. The maximum atomic E-state index is 14.0. The summed E-state index contributed by atoms with van der Waals surface area (Å²) in [6.45, 7) is 7.42. The lowest BCUT2D eigenvalue weighted by molar-refractivity contribution is -0.0764. The van der Waals surface area contributed by atoms with Gasteiger partial charge in [-0.05, 0) is 31.5 Å². The van der Waals surface area contributed by atoms with E-state index in [4.69, 9.17) is 4.74 Å². The second-order valence-electron chi connectivity index (χ2n) is 7.03. The molecule has 1 aliphatic heterocycles. The number of ether oxygens (including phenoxy) is 1. The van der Waals surface area contributed by atoms with Crippen molar-refractivity contribution >= 4 is 16.3 Å². The first-order valence-electron chi connectivity index (χ1n) is 9.18. The first kappa shape index (κ1) is 18.3. The second-order valence-corrected chi connectivity index (χ2v) is 8.04. The normalized spacial score (nSPS) is 22.4. The number of aromatic nitrogens is 3. The SMILES string of the molecule is CCc1nc2sc(C(c3cccc(F)c3)N3CC(C)OC(C)C3)c(O)n2n1. The Morgan fingerprint density at radius 3 is 2.70 bits per heavy atom. The molecule has 2 aromatic heterocycles. The number of thiazole rings is 1. The van der Waals surface area contributed by atoms with Crippen LogP contribution < -0.4 is 0 Å². The highest BCUT2D eigenvalue weighted by molar-refractivity contribution is 7.17. The number of nitrogens with zero attached hydrogens (tertiary/aromatic N) is 4. The molecule has 3 heterocycles. The smallest absolute Gasteiger partial charge is 0.230 e. The lowest BCUT2D eigenvalue weighted by Gasteiger charge is -2.40. The molecular weight excluding hydrogens is 367 g/mol. The van der Waals surface area contributed by atoms with Crippen LogP contribution in [0.15, 0.2) is 24.3 Å². The Morgan fingerprint density at radius 1 is 1.33 bits per heavy atom. The number of hydrogen-bond donors (Lipinski definition) is 1. The fraction of sp³-hybridized carbons (Fsp3) is 0.474. The van der Waals surface area contributed by atoms with E-state index >= 15 is 0 Å². The zero-order chi connectivity index (χ0) is 19.1. The number of aromatic hydroxyl groups is 1. The topological polar surface area (TPSA) is 62.9 Å². The van der Waals surface area contributed by atoms with Crippen molar-refractivity contribution in [2.24, 2.45) is 0 Å². The Labute approximate surface area is 161 Å². The average Bonchev–Trinajstić information content (AvgIpc) is 3.14. The lowest BCUT2D eigenvalue weighted by atomic mass is 10.0. The zero-order valence-corrected chi connectivity index (χ0v) is 16.4. The van der Waals surface area contributed by atoms with Crippen LogP contribution in [0.5, 0.6) is 5.88 Å². The van der Waals surface area contributed by atoms with Crippen molar-refractivity contribution in [1.29, 1.82) is 0 Å². The van der Waals surface area contributed by atoms with Crippen LogP contribution in [-0.4, -0.2) is 49.9 Å². The summed E-state index contributed by atoms with van der Waals surface area (Å²) in [5.74, 6) is 0.473. The number of benzene rings is 1. The molecule has 1 aromatic carbocycles. The number of aryl methyl sites for hydroxylation is 1. The van der Waals surface area contributed by atoms with Gasteiger partial charge in [0.25, 0.3) is 0 Å². The largest absolute Gasteiger partial charge is 0.492 e. The van der Waals surface area contributed by atoms with Gasteiger partial charge in [-0.15, -0.1) is 5.10 Å². The highest BCUT2D eigenvalue weighted by atomic mass is 32.1. The van der Waals surface area contributed by atoms with Gasteiger partial charge in [0.2, 0.25) is 10.8 Å². The predicted molar refractivity (Wildman–Crippen MR) is 102 cm³/mol. The number of fused-ring (bicyclic) bond motifs is 1. The lowest BCUT2D eigenvalue weighted by Crippen LogP contribution is -2.47. The van der Waals surface area contributed by atoms with Crippen molar-refractivity contribution in [1.82, 2.24) is 19.5 Å². The van der Waals surface area contributed by atoms with Crippen molar-refractivity contribution in [2.45, 2.75) is 45.4 Å². The monoisotopic (exact) mass is 390 g/mol. The van der Waals surface area contributed by atoms with E-state index in [0.29, 0.717) is 30.3 Å². The van der Waals surface area contributed by atoms with Gasteiger partial charge in [0.15, 0.2) is 5.82 Å². The van der Waals surface area contributed by atoms with Crippen molar-refractivity contribution in [3.63, 3.8) is 0 Å². The van der Waals surface area contributed by atoms with Crippen molar-refractivity contribution in [3.8, 4) is 5.88 Å². The van der Waals surface area contributed by atoms with Gasteiger partial charge in [0, 0.05) is 19.5 Å². The van der Waals surface area contributed by atoms with E-state index in [9.17, 15) is 9.50 Å². The van der Waals surface area contributed by atoms with Crippen LogP contribution in [0.25, 0.3) is 4.96 Å². The number of hydrogen-bond acceptors (Lipinski definition) is 6.